The SMILES string of the molecule is [La+3].[Li+].[O-2].[Y+3].[Zr+4]. The number of hydrogen-bond donors (Lipinski definition) is 0. The van der Waals surface area contributed by atoms with Gasteiger partial charge in [-0.25, -0.2) is 0 Å². The first-order chi connectivity index (χ1) is 0. The third-order valence-electron chi connectivity index (χ3n) is 0. The molecule has 0 heterocycles. The van der Waals surface area contributed by atoms with E-state index in [0.717, 1.165) is 0 Å². The van der Waals surface area contributed by atoms with Gasteiger partial charge in [0.2, 0.25) is 0 Å². The average Bonchev–Trinajstić information content (AvgIpc) is 0. The quantitative estimate of drug-likeness (QED) is 0.417. The minimum absolute atomic E-state index is 0. The van der Waals surface area contributed by atoms with E-state index in [4.69, 9.17) is 0 Å². The maximum atomic E-state index is 0. The van der Waals surface area contributed by atoms with Crippen LogP contribution < -0.4 is 18.9 Å². The van der Waals surface area contributed by atoms with Gasteiger partial charge in [0.25, 0.3) is 0 Å². The van der Waals surface area contributed by atoms with Crippen molar-refractivity contribution in [1.29, 1.82) is 0 Å². The summed E-state index contributed by atoms with van der Waals surface area (Å²) in [5, 5.41) is 0. The third kappa shape index (κ3) is 18.2. The van der Waals surface area contributed by atoms with Crippen LogP contribution in [0.4, 0.5) is 0 Å². The van der Waals surface area contributed by atoms with Crippen LogP contribution in [0.25, 0.3) is 0 Å². The summed E-state index contributed by atoms with van der Waals surface area (Å²) in [6.07, 6.45) is 0. The zero-order valence-electron chi connectivity index (χ0n) is 3.06. The molecule has 0 saturated heterocycles. The van der Waals surface area contributed by atoms with Gasteiger partial charge in [0.05, 0.1) is 0 Å². The summed E-state index contributed by atoms with van der Waals surface area (Å²) in [5.74, 6) is 0. The van der Waals surface area contributed by atoms with E-state index in [1.165, 1.54) is 0 Å². The maximum absolute atomic E-state index is 0. The molecule has 0 aliphatic heterocycles. The fourth-order valence-corrected chi connectivity index (χ4v) is 0. The van der Waals surface area contributed by atoms with Crippen LogP contribution >= 0.6 is 0 Å². The third-order valence-corrected chi connectivity index (χ3v) is 0. The van der Waals surface area contributed by atoms with Crippen molar-refractivity contribution in [3.63, 3.8) is 0 Å². The molecule has 0 aromatic rings. The van der Waals surface area contributed by atoms with E-state index in [0.29, 0.717) is 0 Å². The molecule has 8 valence electrons. The van der Waals surface area contributed by atoms with Crippen LogP contribution in [0.3, 0.4) is 0 Å². The Hall–Kier alpha value is 3.74. The van der Waals surface area contributed by atoms with Crippen LogP contribution in [0.1, 0.15) is 0 Å². The van der Waals surface area contributed by atoms with Gasteiger partial charge >= 0.3 is 113 Å². The largest absolute Gasteiger partial charge is 4.00 e. The second-order valence-electron chi connectivity index (χ2n) is 0. The summed E-state index contributed by atoms with van der Waals surface area (Å²) in [4.78, 5) is 0. The van der Waals surface area contributed by atoms with Gasteiger partial charge in [-0.05, 0) is 0 Å². The Labute approximate surface area is 116 Å². The van der Waals surface area contributed by atoms with E-state index >= 15 is 0 Å². The minimum atomic E-state index is 0. The first-order valence-corrected chi connectivity index (χ1v) is 0. The average molecular weight is 342 g/mol. The van der Waals surface area contributed by atoms with Crippen molar-refractivity contribution in [2.45, 2.75) is 0 Å². The first-order valence-electron chi connectivity index (χ1n) is 0. The Morgan fingerprint density at radius 3 is 1.00 bits per heavy atom. The Kier molecular flexibility index (Phi) is 188. The van der Waals surface area contributed by atoms with E-state index in [9.17, 15) is 0 Å². The maximum Gasteiger partial charge on any atom is 4.00 e. The van der Waals surface area contributed by atoms with Gasteiger partial charge in [-0.2, -0.15) is 0 Å². The molecule has 0 spiro atoms. The first kappa shape index (κ1) is 37.4. The molecule has 0 bridgehead atoms. The van der Waals surface area contributed by atoms with E-state index in [2.05, 4.69) is 0 Å². The molecule has 0 aliphatic carbocycles. The fourth-order valence-electron chi connectivity index (χ4n) is 0. The molecule has 5 heteroatoms. The number of rotatable bonds is 0. The van der Waals surface area contributed by atoms with Crippen LogP contribution in [-0.2, 0) is 64.4 Å². The molecule has 0 rings (SSSR count). The molecule has 5 heavy (non-hydrogen) atoms. The zero-order chi connectivity index (χ0) is 0. The topological polar surface area (TPSA) is 28.5 Å². The molecule has 0 atom stereocenters. The summed E-state index contributed by atoms with van der Waals surface area (Å²) in [6.45, 7) is 0. The number of hydrogen-bond acceptors (Lipinski definition) is 0. The standard InChI is InChI=1S/La.Li.O.Y.Zr/q+3;+1;-2;+3;+4. The van der Waals surface area contributed by atoms with Crippen molar-refractivity contribution in [2.75, 3.05) is 0 Å². The molecule has 0 aromatic carbocycles. The van der Waals surface area contributed by atoms with Crippen molar-refractivity contribution < 1.29 is 119 Å². The zero-order valence-corrected chi connectivity index (χ0v) is 12.0. The van der Waals surface area contributed by atoms with E-state index in [1.807, 2.05) is 0 Å². The molecule has 1 nitrogen and oxygen atoms in total. The van der Waals surface area contributed by atoms with Crippen LogP contribution in [0, 0.1) is 35.6 Å². The normalized spacial score (nSPS) is 0. The summed E-state index contributed by atoms with van der Waals surface area (Å²) in [6, 6.07) is 0. The van der Waals surface area contributed by atoms with Crippen molar-refractivity contribution in [2.24, 2.45) is 0 Å². The van der Waals surface area contributed by atoms with Crippen molar-refractivity contribution in [1.82, 2.24) is 0 Å². The fraction of sp³-hybridized carbons (Fsp3) is 0. The second kappa shape index (κ2) is 25.1. The summed E-state index contributed by atoms with van der Waals surface area (Å²) in [7, 11) is 0. The van der Waals surface area contributed by atoms with Crippen LogP contribution in [0.2, 0.25) is 0 Å². The predicted octanol–water partition coefficient (Wildman–Crippen LogP) is -3.12. The summed E-state index contributed by atoms with van der Waals surface area (Å²) in [5.41, 5.74) is 0. The van der Waals surface area contributed by atoms with Gasteiger partial charge in [0, 0.05) is 0 Å². The molecule has 0 fully saturated rings. The molecular formula is LaLiOYZr+9. The molecule has 0 amide bonds. The van der Waals surface area contributed by atoms with Crippen LogP contribution in [-0.4, -0.2) is 0 Å². The molecular weight excluding hydrogens is 342 g/mol. The molecule has 0 radical (unpaired) electrons. The smallest absolute Gasteiger partial charge is 2.00 e. The van der Waals surface area contributed by atoms with E-state index < -0.39 is 0 Å². The summed E-state index contributed by atoms with van der Waals surface area (Å²) >= 11 is 0. The molecule has 0 saturated carbocycles. The minimum Gasteiger partial charge on any atom is -2.00 e. The molecule has 0 unspecified atom stereocenters. The van der Waals surface area contributed by atoms with Gasteiger partial charge in [0.15, 0.2) is 0 Å². The Balaban J connectivity index is 0. The molecule has 0 aromatic heterocycles. The predicted molar refractivity (Wildman–Crippen MR) is 0.686 cm³/mol. The summed E-state index contributed by atoms with van der Waals surface area (Å²) < 4.78 is 0. The molecule has 0 aliphatic rings. The van der Waals surface area contributed by atoms with E-state index in [1.54, 1.807) is 0 Å². The van der Waals surface area contributed by atoms with Gasteiger partial charge in [-0.3, -0.25) is 0 Å². The van der Waals surface area contributed by atoms with Crippen molar-refractivity contribution in [3.05, 3.63) is 0 Å². The van der Waals surface area contributed by atoms with Crippen molar-refractivity contribution in [3.8, 4) is 0 Å². The van der Waals surface area contributed by atoms with Crippen LogP contribution in [0.5, 0.6) is 0 Å². The Morgan fingerprint density at radius 1 is 1.00 bits per heavy atom. The Morgan fingerprint density at radius 2 is 1.00 bits per heavy atom. The van der Waals surface area contributed by atoms with Gasteiger partial charge in [0.1, 0.15) is 0 Å². The Bertz CT molecular complexity index is 11.6. The van der Waals surface area contributed by atoms with E-state index in [-0.39, 0.29) is 119 Å². The van der Waals surface area contributed by atoms with Gasteiger partial charge in [-0.1, -0.05) is 0 Å². The van der Waals surface area contributed by atoms with Gasteiger partial charge < -0.3 is 5.48 Å². The second-order valence-corrected chi connectivity index (χ2v) is 0. The van der Waals surface area contributed by atoms with Crippen LogP contribution in [0.15, 0.2) is 0 Å². The molecule has 0 N–H and O–H groups in total. The van der Waals surface area contributed by atoms with Crippen molar-refractivity contribution >= 4 is 0 Å². The monoisotopic (exact) mass is 341 g/mol. The van der Waals surface area contributed by atoms with Gasteiger partial charge in [-0.15, -0.1) is 0 Å².